The van der Waals surface area contributed by atoms with Crippen LogP contribution in [0.15, 0.2) is 30.3 Å². The smallest absolute Gasteiger partial charge is 0.240 e. The quantitative estimate of drug-likeness (QED) is 0.835. The molecule has 1 N–H and O–H groups in total. The molecule has 2 rings (SSSR count). The van der Waals surface area contributed by atoms with Crippen molar-refractivity contribution in [1.82, 2.24) is 4.90 Å². The Bertz CT molecular complexity index is 500. The van der Waals surface area contributed by atoms with E-state index >= 15 is 0 Å². The Labute approximate surface area is 119 Å². The van der Waals surface area contributed by atoms with Gasteiger partial charge in [-0.3, -0.25) is 14.5 Å². The molecule has 0 radical (unpaired) electrons. The van der Waals surface area contributed by atoms with Gasteiger partial charge >= 0.3 is 0 Å². The van der Waals surface area contributed by atoms with Gasteiger partial charge in [0.15, 0.2) is 0 Å². The van der Waals surface area contributed by atoms with Crippen molar-refractivity contribution in [2.75, 3.05) is 6.61 Å². The maximum Gasteiger partial charge on any atom is 0.240 e. The van der Waals surface area contributed by atoms with Crippen molar-refractivity contribution >= 4 is 11.8 Å². The number of hydrogen-bond donors (Lipinski definition) is 1. The molecule has 1 aromatic rings. The zero-order valence-electron chi connectivity index (χ0n) is 12.0. The van der Waals surface area contributed by atoms with Crippen molar-refractivity contribution < 1.29 is 14.7 Å². The number of likely N-dealkylation sites (tertiary alicyclic amines) is 1. The van der Waals surface area contributed by atoms with Gasteiger partial charge in [-0.25, -0.2) is 0 Å². The fourth-order valence-corrected chi connectivity index (χ4v) is 2.84. The van der Waals surface area contributed by atoms with Crippen LogP contribution in [0.1, 0.15) is 38.7 Å². The molecule has 1 aliphatic heterocycles. The lowest BCUT2D eigenvalue weighted by molar-refractivity contribution is -0.142. The fourth-order valence-electron chi connectivity index (χ4n) is 2.84. The molecule has 20 heavy (non-hydrogen) atoms. The molecule has 2 atom stereocenters. The van der Waals surface area contributed by atoms with Crippen LogP contribution in [0.2, 0.25) is 0 Å². The molecule has 2 amide bonds. The van der Waals surface area contributed by atoms with Crippen LogP contribution in [-0.4, -0.2) is 34.5 Å². The summed E-state index contributed by atoms with van der Waals surface area (Å²) in [7, 11) is 0. The molecule has 4 nitrogen and oxygen atoms in total. The van der Waals surface area contributed by atoms with E-state index in [1.54, 1.807) is 0 Å². The van der Waals surface area contributed by atoms with Gasteiger partial charge in [0.05, 0.1) is 5.41 Å². The van der Waals surface area contributed by atoms with E-state index in [2.05, 4.69) is 0 Å². The highest BCUT2D eigenvalue weighted by Gasteiger charge is 2.50. The van der Waals surface area contributed by atoms with Gasteiger partial charge in [0.25, 0.3) is 0 Å². The summed E-state index contributed by atoms with van der Waals surface area (Å²) in [4.78, 5) is 26.3. The molecule has 1 heterocycles. The zero-order chi connectivity index (χ0) is 14.8. The molecule has 2 unspecified atom stereocenters. The van der Waals surface area contributed by atoms with Crippen molar-refractivity contribution in [2.24, 2.45) is 0 Å². The van der Waals surface area contributed by atoms with E-state index in [9.17, 15) is 9.59 Å². The van der Waals surface area contributed by atoms with E-state index in [0.717, 1.165) is 5.56 Å². The van der Waals surface area contributed by atoms with Crippen LogP contribution in [0.5, 0.6) is 0 Å². The summed E-state index contributed by atoms with van der Waals surface area (Å²) in [6.07, 6.45) is 1.46. The minimum atomic E-state index is -0.758. The third-order valence-corrected chi connectivity index (χ3v) is 4.10. The SMILES string of the molecule is CC(CCCO)N1C(=O)CC(C)(c2ccccc2)C1=O. The van der Waals surface area contributed by atoms with Crippen molar-refractivity contribution in [3.63, 3.8) is 0 Å². The minimum absolute atomic E-state index is 0.0799. The van der Waals surface area contributed by atoms with Crippen LogP contribution in [-0.2, 0) is 15.0 Å². The average molecular weight is 275 g/mol. The Morgan fingerprint density at radius 1 is 1.30 bits per heavy atom. The van der Waals surface area contributed by atoms with Crippen LogP contribution in [0, 0.1) is 0 Å². The summed E-state index contributed by atoms with van der Waals surface area (Å²) in [5, 5.41) is 8.88. The van der Waals surface area contributed by atoms with Gasteiger partial charge in [0.1, 0.15) is 0 Å². The Kier molecular flexibility index (Phi) is 4.23. The number of imide groups is 1. The van der Waals surface area contributed by atoms with Crippen molar-refractivity contribution in [1.29, 1.82) is 0 Å². The molecule has 0 bridgehead atoms. The maximum atomic E-state index is 12.7. The fraction of sp³-hybridized carbons (Fsp3) is 0.500. The highest BCUT2D eigenvalue weighted by Crippen LogP contribution is 2.37. The standard InChI is InChI=1S/C16H21NO3/c1-12(7-6-10-18)17-14(19)11-16(2,15(17)20)13-8-4-3-5-9-13/h3-5,8-9,12,18H,6-7,10-11H2,1-2H3. The first-order valence-electron chi connectivity index (χ1n) is 7.03. The maximum absolute atomic E-state index is 12.7. The van der Waals surface area contributed by atoms with Crippen molar-refractivity contribution in [3.05, 3.63) is 35.9 Å². The number of carbonyl (C=O) groups is 2. The molecular weight excluding hydrogens is 254 g/mol. The van der Waals surface area contributed by atoms with Gasteiger partial charge in [-0.05, 0) is 32.3 Å². The first-order valence-corrected chi connectivity index (χ1v) is 7.03. The summed E-state index contributed by atoms with van der Waals surface area (Å²) in [6, 6.07) is 9.30. The lowest BCUT2D eigenvalue weighted by atomic mass is 9.81. The third-order valence-electron chi connectivity index (χ3n) is 4.10. The monoisotopic (exact) mass is 275 g/mol. The topological polar surface area (TPSA) is 57.6 Å². The molecule has 0 spiro atoms. The van der Waals surface area contributed by atoms with Crippen LogP contribution in [0.4, 0.5) is 0 Å². The second kappa shape index (κ2) is 5.75. The summed E-state index contributed by atoms with van der Waals surface area (Å²) in [6.45, 7) is 3.78. The van der Waals surface area contributed by atoms with Gasteiger partial charge in [-0.1, -0.05) is 30.3 Å². The number of carbonyl (C=O) groups excluding carboxylic acids is 2. The lowest BCUT2D eigenvalue weighted by Crippen LogP contribution is -2.42. The summed E-state index contributed by atoms with van der Waals surface area (Å²) in [5.74, 6) is -0.245. The Morgan fingerprint density at radius 3 is 2.55 bits per heavy atom. The van der Waals surface area contributed by atoms with Gasteiger partial charge in [0, 0.05) is 19.1 Å². The van der Waals surface area contributed by atoms with Crippen LogP contribution in [0.25, 0.3) is 0 Å². The molecule has 108 valence electrons. The second-order valence-corrected chi connectivity index (χ2v) is 5.66. The van der Waals surface area contributed by atoms with Crippen LogP contribution >= 0.6 is 0 Å². The summed E-state index contributed by atoms with van der Waals surface area (Å²) >= 11 is 0. The van der Waals surface area contributed by atoms with E-state index in [0.29, 0.717) is 12.8 Å². The zero-order valence-corrected chi connectivity index (χ0v) is 12.0. The van der Waals surface area contributed by atoms with E-state index in [-0.39, 0.29) is 30.9 Å². The Balaban J connectivity index is 2.24. The van der Waals surface area contributed by atoms with Crippen LogP contribution in [0.3, 0.4) is 0 Å². The first-order chi connectivity index (χ1) is 9.50. The molecule has 0 aromatic heterocycles. The molecule has 1 aliphatic rings. The number of aliphatic hydroxyl groups excluding tert-OH is 1. The van der Waals surface area contributed by atoms with Crippen LogP contribution < -0.4 is 0 Å². The third kappa shape index (κ3) is 2.48. The van der Waals surface area contributed by atoms with Crippen molar-refractivity contribution in [2.45, 2.75) is 44.6 Å². The summed E-state index contributed by atoms with van der Waals surface area (Å²) in [5.41, 5.74) is 0.126. The minimum Gasteiger partial charge on any atom is -0.396 e. The molecule has 4 heteroatoms. The van der Waals surface area contributed by atoms with E-state index < -0.39 is 5.41 Å². The molecule has 0 aliphatic carbocycles. The van der Waals surface area contributed by atoms with Gasteiger partial charge in [0.2, 0.25) is 11.8 Å². The molecule has 1 saturated heterocycles. The Hall–Kier alpha value is -1.68. The molecule has 1 aromatic carbocycles. The van der Waals surface area contributed by atoms with Gasteiger partial charge < -0.3 is 5.11 Å². The van der Waals surface area contributed by atoms with E-state index in [1.807, 2.05) is 44.2 Å². The first kappa shape index (κ1) is 14.7. The number of benzene rings is 1. The van der Waals surface area contributed by atoms with Gasteiger partial charge in [-0.2, -0.15) is 0 Å². The molecule has 0 saturated carbocycles. The number of hydrogen-bond acceptors (Lipinski definition) is 3. The lowest BCUT2D eigenvalue weighted by Gasteiger charge is -2.26. The molecule has 1 fully saturated rings. The second-order valence-electron chi connectivity index (χ2n) is 5.66. The van der Waals surface area contributed by atoms with Crippen molar-refractivity contribution in [3.8, 4) is 0 Å². The highest BCUT2D eigenvalue weighted by molar-refractivity contribution is 6.09. The van der Waals surface area contributed by atoms with Gasteiger partial charge in [-0.15, -0.1) is 0 Å². The largest absolute Gasteiger partial charge is 0.396 e. The summed E-state index contributed by atoms with van der Waals surface area (Å²) < 4.78 is 0. The highest BCUT2D eigenvalue weighted by atomic mass is 16.3. The average Bonchev–Trinajstić information content (AvgIpc) is 2.68. The predicted octanol–water partition coefficient (Wildman–Crippen LogP) is 1.86. The number of rotatable bonds is 5. The number of aliphatic hydroxyl groups is 1. The normalized spacial score (nSPS) is 24.2. The van der Waals surface area contributed by atoms with E-state index in [1.165, 1.54) is 4.90 Å². The number of amides is 2. The van der Waals surface area contributed by atoms with E-state index in [4.69, 9.17) is 5.11 Å². The number of nitrogens with zero attached hydrogens (tertiary/aromatic N) is 1. The predicted molar refractivity (Wildman–Crippen MR) is 76.0 cm³/mol. The molecular formula is C16H21NO3. The Morgan fingerprint density at radius 2 is 1.95 bits per heavy atom.